The first-order valence-electron chi connectivity index (χ1n) is 3.58. The number of rotatable bonds is 0. The van der Waals surface area contributed by atoms with Gasteiger partial charge < -0.3 is 0 Å². The van der Waals surface area contributed by atoms with Crippen molar-refractivity contribution in [3.8, 4) is 0 Å². The van der Waals surface area contributed by atoms with Crippen LogP contribution < -0.4 is 0 Å². The topological polar surface area (TPSA) is 64.5 Å². The second-order valence-corrected chi connectivity index (χ2v) is 2.89. The van der Waals surface area contributed by atoms with E-state index in [1.54, 1.807) is 24.5 Å². The molecule has 0 unspecified atom stereocenters. The largest absolute Gasteiger partial charge is 0.231 e. The summed E-state index contributed by atoms with van der Waals surface area (Å²) in [7, 11) is 0. The minimum Gasteiger partial charge on any atom is -0.231 e. The number of aromatic nitrogens is 5. The van der Waals surface area contributed by atoms with E-state index in [4.69, 9.17) is 0 Å². The Morgan fingerprint density at radius 1 is 1.00 bits per heavy atom. The zero-order chi connectivity index (χ0) is 10.2. The predicted molar refractivity (Wildman–Crippen MR) is 56.4 cm³/mol. The Morgan fingerprint density at radius 2 is 1.71 bits per heavy atom. The molecule has 0 fully saturated rings. The summed E-state index contributed by atoms with van der Waals surface area (Å²) in [4.78, 5) is 7.46. The van der Waals surface area contributed by atoms with Crippen molar-refractivity contribution in [2.24, 2.45) is 0 Å². The highest BCUT2D eigenvalue weighted by Gasteiger charge is 1.77. The normalized spacial score (nSPS) is 8.71. The maximum atomic E-state index is 3.87. The summed E-state index contributed by atoms with van der Waals surface area (Å²) < 4.78 is 0. The van der Waals surface area contributed by atoms with E-state index in [9.17, 15) is 0 Å². The van der Waals surface area contributed by atoms with Gasteiger partial charge in [-0.05, 0) is 17.3 Å². The van der Waals surface area contributed by atoms with Gasteiger partial charge in [-0.1, -0.05) is 0 Å². The SMILES string of the molecule is Sc1ccnnn1.Sc1ncccn1. The van der Waals surface area contributed by atoms with E-state index >= 15 is 0 Å². The highest BCUT2D eigenvalue weighted by atomic mass is 32.1. The van der Waals surface area contributed by atoms with E-state index < -0.39 is 0 Å². The lowest BCUT2D eigenvalue weighted by molar-refractivity contribution is 0.806. The summed E-state index contributed by atoms with van der Waals surface area (Å²) in [5, 5.41) is 11.3. The van der Waals surface area contributed by atoms with Crippen molar-refractivity contribution in [2.45, 2.75) is 10.2 Å². The highest BCUT2D eigenvalue weighted by molar-refractivity contribution is 7.80. The van der Waals surface area contributed by atoms with Crippen LogP contribution in [0.4, 0.5) is 0 Å². The van der Waals surface area contributed by atoms with Gasteiger partial charge in [0.05, 0.1) is 6.20 Å². The van der Waals surface area contributed by atoms with Crippen molar-refractivity contribution in [3.63, 3.8) is 0 Å². The molecule has 0 saturated heterocycles. The molecular weight excluding hydrogens is 218 g/mol. The lowest BCUT2D eigenvalue weighted by Gasteiger charge is -1.80. The smallest absolute Gasteiger partial charge is 0.184 e. The van der Waals surface area contributed by atoms with Crippen LogP contribution in [-0.2, 0) is 0 Å². The van der Waals surface area contributed by atoms with Crippen molar-refractivity contribution < 1.29 is 0 Å². The van der Waals surface area contributed by atoms with Crippen LogP contribution in [0.3, 0.4) is 0 Å². The molecule has 2 aromatic heterocycles. The summed E-state index contributed by atoms with van der Waals surface area (Å²) >= 11 is 7.73. The molecule has 0 aliphatic rings. The number of hydrogen-bond donors (Lipinski definition) is 2. The molecule has 0 aliphatic heterocycles. The van der Waals surface area contributed by atoms with Crippen molar-refractivity contribution in [1.82, 2.24) is 25.4 Å². The van der Waals surface area contributed by atoms with Crippen LogP contribution in [0.1, 0.15) is 0 Å². The molecule has 0 aromatic carbocycles. The van der Waals surface area contributed by atoms with Crippen LogP contribution in [0, 0.1) is 0 Å². The highest BCUT2D eigenvalue weighted by Crippen LogP contribution is 1.91. The average Bonchev–Trinajstić information content (AvgIpc) is 2.21. The summed E-state index contributed by atoms with van der Waals surface area (Å²) in [6.07, 6.45) is 4.83. The van der Waals surface area contributed by atoms with Crippen molar-refractivity contribution >= 4 is 25.3 Å². The third-order valence-electron chi connectivity index (χ3n) is 1.04. The van der Waals surface area contributed by atoms with Gasteiger partial charge in [-0.15, -0.1) is 35.5 Å². The van der Waals surface area contributed by atoms with Crippen LogP contribution in [0.2, 0.25) is 0 Å². The fraction of sp³-hybridized carbons (Fsp3) is 0. The number of hydrogen-bond acceptors (Lipinski definition) is 7. The number of nitrogens with zero attached hydrogens (tertiary/aromatic N) is 5. The summed E-state index contributed by atoms with van der Waals surface area (Å²) in [6, 6.07) is 3.41. The number of thiol groups is 2. The molecule has 0 atom stereocenters. The molecule has 0 bridgehead atoms. The zero-order valence-electron chi connectivity index (χ0n) is 7.02. The van der Waals surface area contributed by atoms with Gasteiger partial charge in [0.2, 0.25) is 0 Å². The Labute approximate surface area is 91.8 Å². The fourth-order valence-electron chi connectivity index (χ4n) is 0.526. The van der Waals surface area contributed by atoms with E-state index in [-0.39, 0.29) is 0 Å². The lowest BCUT2D eigenvalue weighted by atomic mass is 10.7. The molecule has 0 N–H and O–H groups in total. The van der Waals surface area contributed by atoms with Crippen molar-refractivity contribution in [3.05, 3.63) is 30.7 Å². The van der Waals surface area contributed by atoms with Crippen LogP contribution in [0.15, 0.2) is 40.9 Å². The van der Waals surface area contributed by atoms with Crippen LogP contribution in [-0.4, -0.2) is 25.4 Å². The Kier molecular flexibility index (Phi) is 4.87. The maximum absolute atomic E-state index is 3.87. The quantitative estimate of drug-likeness (QED) is 0.516. The maximum Gasteiger partial charge on any atom is 0.184 e. The van der Waals surface area contributed by atoms with Gasteiger partial charge in [0, 0.05) is 12.4 Å². The van der Waals surface area contributed by atoms with Gasteiger partial charge in [-0.2, -0.15) is 0 Å². The van der Waals surface area contributed by atoms with Gasteiger partial charge in [0.1, 0.15) is 5.03 Å². The Balaban J connectivity index is 0.000000140. The van der Waals surface area contributed by atoms with Gasteiger partial charge in [-0.25, -0.2) is 9.97 Å². The Morgan fingerprint density at radius 3 is 2.00 bits per heavy atom. The molecule has 0 saturated carbocycles. The van der Waals surface area contributed by atoms with Crippen LogP contribution in [0.5, 0.6) is 0 Å². The van der Waals surface area contributed by atoms with Crippen LogP contribution >= 0.6 is 25.3 Å². The average molecular weight is 225 g/mol. The first-order valence-corrected chi connectivity index (χ1v) is 4.48. The van der Waals surface area contributed by atoms with Crippen LogP contribution in [0.25, 0.3) is 0 Å². The fourth-order valence-corrected chi connectivity index (χ4v) is 0.766. The first kappa shape index (κ1) is 10.9. The second kappa shape index (κ2) is 6.28. The molecule has 72 valence electrons. The van der Waals surface area contributed by atoms with Crippen molar-refractivity contribution in [1.29, 1.82) is 0 Å². The summed E-state index contributed by atoms with van der Waals surface area (Å²) in [5.74, 6) is 0. The van der Waals surface area contributed by atoms with Gasteiger partial charge in [0.15, 0.2) is 5.16 Å². The first-order chi connectivity index (χ1) is 6.79. The predicted octanol–water partition coefficient (Wildman–Crippen LogP) is 0.926. The molecule has 0 spiro atoms. The summed E-state index contributed by atoms with van der Waals surface area (Å²) in [5.41, 5.74) is 0. The molecule has 0 radical (unpaired) electrons. The van der Waals surface area contributed by atoms with Crippen molar-refractivity contribution in [2.75, 3.05) is 0 Å². The molecule has 7 heteroatoms. The molecule has 14 heavy (non-hydrogen) atoms. The molecule has 2 heterocycles. The molecule has 5 nitrogen and oxygen atoms in total. The Bertz CT molecular complexity index is 317. The monoisotopic (exact) mass is 225 g/mol. The molecule has 2 aromatic rings. The van der Waals surface area contributed by atoms with E-state index in [2.05, 4.69) is 50.6 Å². The molecule has 0 amide bonds. The van der Waals surface area contributed by atoms with Gasteiger partial charge in [-0.3, -0.25) is 0 Å². The minimum atomic E-state index is 0.516. The minimum absolute atomic E-state index is 0.516. The van der Waals surface area contributed by atoms with E-state index in [0.29, 0.717) is 10.2 Å². The van der Waals surface area contributed by atoms with Gasteiger partial charge >= 0.3 is 0 Å². The molecule has 2 rings (SSSR count). The lowest BCUT2D eigenvalue weighted by Crippen LogP contribution is -1.82. The van der Waals surface area contributed by atoms with E-state index in [0.717, 1.165) is 0 Å². The zero-order valence-corrected chi connectivity index (χ0v) is 8.81. The third kappa shape index (κ3) is 4.73. The third-order valence-corrected chi connectivity index (χ3v) is 1.51. The summed E-state index contributed by atoms with van der Waals surface area (Å²) in [6.45, 7) is 0. The van der Waals surface area contributed by atoms with E-state index in [1.165, 1.54) is 6.20 Å². The van der Waals surface area contributed by atoms with Gasteiger partial charge in [0.25, 0.3) is 0 Å². The van der Waals surface area contributed by atoms with E-state index in [1.807, 2.05) is 0 Å². The molecule has 0 aliphatic carbocycles. The Hall–Kier alpha value is -1.21. The molecular formula is C7H7N5S2. The standard InChI is InChI=1S/C4H4N2S.C3H3N3S/c7-4-5-2-1-3-6-4;7-3-1-2-4-6-5-3/h1-3H,(H,5,6,7);1-2H,(H,4,5,7). The second-order valence-electron chi connectivity index (χ2n) is 2.03.